The SMILES string of the molecule is Cc1ccnc(C)n1.[NaH]. The molecule has 0 bridgehead atoms. The van der Waals surface area contributed by atoms with E-state index in [0.29, 0.717) is 0 Å². The second-order valence-corrected chi connectivity index (χ2v) is 1.75. The summed E-state index contributed by atoms with van der Waals surface area (Å²) >= 11 is 0. The molecule has 1 heterocycles. The molecule has 0 saturated heterocycles. The van der Waals surface area contributed by atoms with Gasteiger partial charge in [-0.3, -0.25) is 0 Å². The molecule has 9 heavy (non-hydrogen) atoms. The molecule has 3 heteroatoms. The van der Waals surface area contributed by atoms with Crippen molar-refractivity contribution >= 4 is 29.6 Å². The van der Waals surface area contributed by atoms with Crippen LogP contribution < -0.4 is 0 Å². The molecular formula is C6H9N2Na. The van der Waals surface area contributed by atoms with E-state index in [-0.39, 0.29) is 29.6 Å². The molecule has 1 rings (SSSR count). The number of hydrogen-bond acceptors (Lipinski definition) is 2. The molecule has 1 aromatic rings. The number of rotatable bonds is 0. The molecule has 0 aliphatic rings. The van der Waals surface area contributed by atoms with Gasteiger partial charge in [0.2, 0.25) is 0 Å². The van der Waals surface area contributed by atoms with Gasteiger partial charge in [0.25, 0.3) is 0 Å². The normalized spacial score (nSPS) is 8.22. The van der Waals surface area contributed by atoms with Crippen LogP contribution in [-0.2, 0) is 0 Å². The molecule has 0 amide bonds. The second-order valence-electron chi connectivity index (χ2n) is 1.75. The van der Waals surface area contributed by atoms with Crippen LogP contribution in [0.5, 0.6) is 0 Å². The molecule has 0 atom stereocenters. The van der Waals surface area contributed by atoms with E-state index < -0.39 is 0 Å². The van der Waals surface area contributed by atoms with Gasteiger partial charge in [-0.1, -0.05) is 0 Å². The molecule has 2 nitrogen and oxygen atoms in total. The summed E-state index contributed by atoms with van der Waals surface area (Å²) in [7, 11) is 0. The zero-order chi connectivity index (χ0) is 5.98. The average molecular weight is 132 g/mol. The van der Waals surface area contributed by atoms with Crippen molar-refractivity contribution < 1.29 is 0 Å². The minimum absolute atomic E-state index is 0. The first-order valence-corrected chi connectivity index (χ1v) is 2.55. The number of aryl methyl sites for hydroxylation is 2. The summed E-state index contributed by atoms with van der Waals surface area (Å²) in [5, 5.41) is 0. The summed E-state index contributed by atoms with van der Waals surface area (Å²) in [4.78, 5) is 7.99. The first kappa shape index (κ1) is 9.08. The van der Waals surface area contributed by atoms with Crippen LogP contribution in [0.4, 0.5) is 0 Å². The third kappa shape index (κ3) is 2.94. The molecule has 0 spiro atoms. The monoisotopic (exact) mass is 132 g/mol. The Morgan fingerprint density at radius 1 is 1.33 bits per heavy atom. The predicted octanol–water partition coefficient (Wildman–Crippen LogP) is 0.445. The summed E-state index contributed by atoms with van der Waals surface area (Å²) in [6.07, 6.45) is 1.76. The second kappa shape index (κ2) is 3.99. The number of aromatic nitrogens is 2. The number of nitrogens with zero attached hydrogens (tertiary/aromatic N) is 2. The van der Waals surface area contributed by atoms with Gasteiger partial charge < -0.3 is 0 Å². The maximum atomic E-state index is 4.06. The van der Waals surface area contributed by atoms with Gasteiger partial charge in [0.15, 0.2) is 0 Å². The first-order chi connectivity index (χ1) is 3.79. The molecular weight excluding hydrogens is 123 g/mol. The van der Waals surface area contributed by atoms with Gasteiger partial charge in [-0.05, 0) is 19.9 Å². The van der Waals surface area contributed by atoms with E-state index in [1.165, 1.54) is 0 Å². The van der Waals surface area contributed by atoms with Crippen LogP contribution in [0.15, 0.2) is 12.3 Å². The Morgan fingerprint density at radius 2 is 2.00 bits per heavy atom. The van der Waals surface area contributed by atoms with Crippen LogP contribution in [0.25, 0.3) is 0 Å². The van der Waals surface area contributed by atoms with Crippen molar-refractivity contribution in [2.75, 3.05) is 0 Å². The van der Waals surface area contributed by atoms with Crippen LogP contribution >= 0.6 is 0 Å². The molecule has 0 N–H and O–H groups in total. The first-order valence-electron chi connectivity index (χ1n) is 2.55. The summed E-state index contributed by atoms with van der Waals surface area (Å²) < 4.78 is 0. The minimum atomic E-state index is 0. The standard InChI is InChI=1S/C6H8N2.Na.H/c1-5-3-4-7-6(2)8-5;;/h3-4H,1-2H3;;. The molecule has 0 aliphatic heterocycles. The van der Waals surface area contributed by atoms with Gasteiger partial charge in [-0.15, -0.1) is 0 Å². The van der Waals surface area contributed by atoms with Crippen molar-refractivity contribution in [2.24, 2.45) is 0 Å². The summed E-state index contributed by atoms with van der Waals surface area (Å²) in [6.45, 7) is 3.84. The van der Waals surface area contributed by atoms with Gasteiger partial charge in [0.1, 0.15) is 5.82 Å². The van der Waals surface area contributed by atoms with Gasteiger partial charge in [0.05, 0.1) is 0 Å². The summed E-state index contributed by atoms with van der Waals surface area (Å²) in [5.41, 5.74) is 1.03. The van der Waals surface area contributed by atoms with E-state index in [1.54, 1.807) is 6.20 Å². The van der Waals surface area contributed by atoms with E-state index in [2.05, 4.69) is 9.97 Å². The molecule has 0 radical (unpaired) electrons. The Hall–Kier alpha value is 0.0800. The van der Waals surface area contributed by atoms with Crippen molar-refractivity contribution in [2.45, 2.75) is 13.8 Å². The van der Waals surface area contributed by atoms with E-state index >= 15 is 0 Å². The third-order valence-corrected chi connectivity index (χ3v) is 0.915. The average Bonchev–Trinajstić information content (AvgIpc) is 1.64. The van der Waals surface area contributed by atoms with Crippen molar-refractivity contribution in [3.63, 3.8) is 0 Å². The van der Waals surface area contributed by atoms with E-state index in [1.807, 2.05) is 19.9 Å². The van der Waals surface area contributed by atoms with E-state index in [0.717, 1.165) is 11.5 Å². The Bertz CT molecular complexity index is 171. The molecule has 1 aromatic heterocycles. The van der Waals surface area contributed by atoms with Crippen molar-refractivity contribution in [3.05, 3.63) is 23.8 Å². The molecule has 44 valence electrons. The molecule has 0 aromatic carbocycles. The van der Waals surface area contributed by atoms with Crippen LogP contribution in [0, 0.1) is 13.8 Å². The van der Waals surface area contributed by atoms with Crippen molar-refractivity contribution in [1.29, 1.82) is 0 Å². The van der Waals surface area contributed by atoms with Crippen molar-refractivity contribution in [3.8, 4) is 0 Å². The van der Waals surface area contributed by atoms with Crippen molar-refractivity contribution in [1.82, 2.24) is 9.97 Å². The van der Waals surface area contributed by atoms with Crippen LogP contribution in [0.3, 0.4) is 0 Å². The molecule has 0 saturated carbocycles. The third-order valence-electron chi connectivity index (χ3n) is 0.915. The Balaban J connectivity index is 0.000000640. The molecule has 0 unspecified atom stereocenters. The molecule has 0 aliphatic carbocycles. The molecule has 0 fully saturated rings. The Kier molecular flexibility index (Phi) is 4.02. The fraction of sp³-hybridized carbons (Fsp3) is 0.333. The van der Waals surface area contributed by atoms with Gasteiger partial charge in [-0.25, -0.2) is 9.97 Å². The zero-order valence-electron chi connectivity index (χ0n) is 5.05. The van der Waals surface area contributed by atoms with Gasteiger partial charge in [0, 0.05) is 11.9 Å². The Morgan fingerprint density at radius 3 is 2.33 bits per heavy atom. The van der Waals surface area contributed by atoms with Crippen LogP contribution in [-0.4, -0.2) is 39.5 Å². The maximum absolute atomic E-state index is 4.06. The Labute approximate surface area is 77.0 Å². The quantitative estimate of drug-likeness (QED) is 0.479. The zero-order valence-corrected chi connectivity index (χ0v) is 5.05. The fourth-order valence-electron chi connectivity index (χ4n) is 0.574. The van der Waals surface area contributed by atoms with Crippen LogP contribution in [0.1, 0.15) is 11.5 Å². The van der Waals surface area contributed by atoms with E-state index in [4.69, 9.17) is 0 Å². The van der Waals surface area contributed by atoms with Crippen LogP contribution in [0.2, 0.25) is 0 Å². The number of hydrogen-bond donors (Lipinski definition) is 0. The predicted molar refractivity (Wildman–Crippen MR) is 38.7 cm³/mol. The van der Waals surface area contributed by atoms with Gasteiger partial charge >= 0.3 is 29.6 Å². The summed E-state index contributed by atoms with van der Waals surface area (Å²) in [6, 6.07) is 1.88. The topological polar surface area (TPSA) is 25.8 Å². The summed E-state index contributed by atoms with van der Waals surface area (Å²) in [5.74, 6) is 0.838. The fourth-order valence-corrected chi connectivity index (χ4v) is 0.574. The van der Waals surface area contributed by atoms with Gasteiger partial charge in [-0.2, -0.15) is 0 Å². The van der Waals surface area contributed by atoms with E-state index in [9.17, 15) is 0 Å².